The molecule has 100 valence electrons. The molecule has 1 aromatic heterocycles. The number of pyridine rings is 1. The molecule has 0 bridgehead atoms. The molecule has 0 atom stereocenters. The summed E-state index contributed by atoms with van der Waals surface area (Å²) in [5, 5.41) is 10.4. The first-order valence-corrected chi connectivity index (χ1v) is 5.52. The van der Waals surface area contributed by atoms with Crippen LogP contribution in [0.2, 0.25) is 0 Å². The number of aromatic nitrogens is 1. The van der Waals surface area contributed by atoms with Crippen molar-refractivity contribution in [3.63, 3.8) is 0 Å². The number of methoxy groups -OCH3 is 2. The molecule has 1 heterocycles. The van der Waals surface area contributed by atoms with Gasteiger partial charge in [0.2, 0.25) is 0 Å². The average Bonchev–Trinajstić information content (AvgIpc) is 2.39. The van der Waals surface area contributed by atoms with Gasteiger partial charge < -0.3 is 19.6 Å². The number of ether oxygens (including phenoxy) is 2. The smallest absolute Gasteiger partial charge is 0.347 e. The van der Waals surface area contributed by atoms with E-state index in [9.17, 15) is 14.7 Å². The number of esters is 1. The zero-order valence-corrected chi connectivity index (χ0v) is 10.7. The standard InChI is InChI=1S/C13H13NO5/c1-6-4-5-7(18-2)8-10(6)14-12(16)9(11(8)15)13(17)19-3/h4-5H,1-3H3,(H2,14,15,16). The lowest BCUT2D eigenvalue weighted by Crippen LogP contribution is -2.19. The Labute approximate surface area is 108 Å². The summed E-state index contributed by atoms with van der Waals surface area (Å²) < 4.78 is 9.63. The molecule has 19 heavy (non-hydrogen) atoms. The van der Waals surface area contributed by atoms with Gasteiger partial charge in [0, 0.05) is 0 Å². The number of benzene rings is 1. The van der Waals surface area contributed by atoms with Crippen LogP contribution in [-0.4, -0.2) is 30.3 Å². The van der Waals surface area contributed by atoms with Gasteiger partial charge in [-0.2, -0.15) is 0 Å². The molecule has 0 amide bonds. The van der Waals surface area contributed by atoms with Gasteiger partial charge in [-0.05, 0) is 18.6 Å². The zero-order valence-electron chi connectivity index (χ0n) is 10.7. The fraction of sp³-hybridized carbons (Fsp3) is 0.231. The van der Waals surface area contributed by atoms with Crippen LogP contribution in [0.5, 0.6) is 11.5 Å². The quantitative estimate of drug-likeness (QED) is 0.798. The molecule has 6 nitrogen and oxygen atoms in total. The molecule has 0 fully saturated rings. The summed E-state index contributed by atoms with van der Waals surface area (Å²) in [4.78, 5) is 26.0. The fourth-order valence-corrected chi connectivity index (χ4v) is 1.95. The second-order valence-electron chi connectivity index (χ2n) is 4.00. The molecule has 0 saturated carbocycles. The third-order valence-electron chi connectivity index (χ3n) is 2.92. The molecule has 2 rings (SSSR count). The Bertz CT molecular complexity index is 717. The van der Waals surface area contributed by atoms with Crippen LogP contribution in [0.15, 0.2) is 16.9 Å². The van der Waals surface area contributed by atoms with Crippen molar-refractivity contribution in [2.24, 2.45) is 0 Å². The van der Waals surface area contributed by atoms with E-state index >= 15 is 0 Å². The molecule has 1 aromatic carbocycles. The molecule has 0 radical (unpaired) electrons. The van der Waals surface area contributed by atoms with Crippen molar-refractivity contribution in [2.75, 3.05) is 14.2 Å². The monoisotopic (exact) mass is 263 g/mol. The number of aromatic amines is 1. The zero-order chi connectivity index (χ0) is 14.2. The van der Waals surface area contributed by atoms with Crippen LogP contribution >= 0.6 is 0 Å². The number of carbonyl (C=O) groups is 1. The predicted molar refractivity (Wildman–Crippen MR) is 68.9 cm³/mol. The molecule has 0 spiro atoms. The lowest BCUT2D eigenvalue weighted by molar-refractivity contribution is 0.0595. The van der Waals surface area contributed by atoms with Crippen molar-refractivity contribution in [3.05, 3.63) is 33.6 Å². The van der Waals surface area contributed by atoms with E-state index in [1.807, 2.05) is 0 Å². The number of nitrogens with one attached hydrogen (secondary N) is 1. The minimum Gasteiger partial charge on any atom is -0.506 e. The third kappa shape index (κ3) is 1.91. The van der Waals surface area contributed by atoms with E-state index < -0.39 is 22.8 Å². The van der Waals surface area contributed by atoms with Gasteiger partial charge in [0.1, 0.15) is 11.5 Å². The maximum Gasteiger partial charge on any atom is 0.347 e. The van der Waals surface area contributed by atoms with Crippen LogP contribution in [0.3, 0.4) is 0 Å². The van der Waals surface area contributed by atoms with Gasteiger partial charge in [-0.1, -0.05) is 6.07 Å². The van der Waals surface area contributed by atoms with Crippen LogP contribution in [0, 0.1) is 6.92 Å². The van der Waals surface area contributed by atoms with E-state index in [1.165, 1.54) is 7.11 Å². The number of rotatable bonds is 2. The molecule has 0 saturated heterocycles. The van der Waals surface area contributed by atoms with E-state index in [0.29, 0.717) is 11.3 Å². The number of carbonyl (C=O) groups excluding carboxylic acids is 1. The van der Waals surface area contributed by atoms with Gasteiger partial charge in [-0.25, -0.2) is 4.79 Å². The largest absolute Gasteiger partial charge is 0.506 e. The van der Waals surface area contributed by atoms with Gasteiger partial charge in [0.15, 0.2) is 5.56 Å². The van der Waals surface area contributed by atoms with Crippen LogP contribution < -0.4 is 10.3 Å². The van der Waals surface area contributed by atoms with Crippen molar-refractivity contribution < 1.29 is 19.4 Å². The third-order valence-corrected chi connectivity index (χ3v) is 2.92. The summed E-state index contributed by atoms with van der Waals surface area (Å²) >= 11 is 0. The Balaban J connectivity index is 2.98. The van der Waals surface area contributed by atoms with E-state index in [0.717, 1.165) is 12.7 Å². The number of aromatic hydroxyl groups is 1. The van der Waals surface area contributed by atoms with E-state index in [1.54, 1.807) is 19.1 Å². The second-order valence-corrected chi connectivity index (χ2v) is 4.00. The number of fused-ring (bicyclic) bond motifs is 1. The Hall–Kier alpha value is -2.50. The maximum atomic E-state index is 11.8. The lowest BCUT2D eigenvalue weighted by Gasteiger charge is -2.11. The SMILES string of the molecule is COC(=O)c1c(O)c2c(OC)ccc(C)c2[nH]c1=O. The minimum absolute atomic E-state index is 0.280. The Morgan fingerprint density at radius 3 is 2.58 bits per heavy atom. The van der Waals surface area contributed by atoms with E-state index in [2.05, 4.69) is 9.72 Å². The van der Waals surface area contributed by atoms with E-state index in [4.69, 9.17) is 4.74 Å². The lowest BCUT2D eigenvalue weighted by atomic mass is 10.1. The fourth-order valence-electron chi connectivity index (χ4n) is 1.95. The number of aryl methyl sites for hydroxylation is 1. The second kappa shape index (κ2) is 4.64. The minimum atomic E-state index is -0.899. The first kappa shape index (κ1) is 12.9. The molecular formula is C13H13NO5. The predicted octanol–water partition coefficient (Wildman–Crippen LogP) is 1.34. The van der Waals surface area contributed by atoms with Crippen LogP contribution in [0.4, 0.5) is 0 Å². The van der Waals surface area contributed by atoms with Gasteiger partial charge in [0.25, 0.3) is 5.56 Å². The highest BCUT2D eigenvalue weighted by molar-refractivity contribution is 6.02. The molecule has 0 aliphatic heterocycles. The first-order valence-electron chi connectivity index (χ1n) is 5.52. The Morgan fingerprint density at radius 2 is 2.00 bits per heavy atom. The van der Waals surface area contributed by atoms with Gasteiger partial charge in [0.05, 0.1) is 25.1 Å². The summed E-state index contributed by atoms with van der Waals surface area (Å²) in [7, 11) is 2.57. The first-order chi connectivity index (χ1) is 9.01. The number of hydrogen-bond donors (Lipinski definition) is 2. The molecule has 0 aliphatic rings. The maximum absolute atomic E-state index is 11.8. The summed E-state index contributed by atoms with van der Waals surface area (Å²) in [5.41, 5.74) is 0.0428. The van der Waals surface area contributed by atoms with Gasteiger partial charge in [-0.15, -0.1) is 0 Å². The van der Waals surface area contributed by atoms with Crippen molar-refractivity contribution in [1.82, 2.24) is 4.98 Å². The van der Waals surface area contributed by atoms with E-state index in [-0.39, 0.29) is 5.39 Å². The number of H-pyrrole nitrogens is 1. The number of hydrogen-bond acceptors (Lipinski definition) is 5. The summed E-state index contributed by atoms with van der Waals surface area (Å²) in [5.74, 6) is -0.977. The molecule has 2 aromatic rings. The van der Waals surface area contributed by atoms with Crippen molar-refractivity contribution >= 4 is 16.9 Å². The molecular weight excluding hydrogens is 250 g/mol. The average molecular weight is 263 g/mol. The van der Waals surface area contributed by atoms with Gasteiger partial charge >= 0.3 is 5.97 Å². The molecule has 0 unspecified atom stereocenters. The topological polar surface area (TPSA) is 88.6 Å². The molecule has 0 aliphatic carbocycles. The van der Waals surface area contributed by atoms with Crippen molar-refractivity contribution in [2.45, 2.75) is 6.92 Å². The van der Waals surface area contributed by atoms with Crippen LogP contribution in [0.1, 0.15) is 15.9 Å². The normalized spacial score (nSPS) is 10.5. The van der Waals surface area contributed by atoms with Crippen LogP contribution in [-0.2, 0) is 4.74 Å². The molecule has 2 N–H and O–H groups in total. The van der Waals surface area contributed by atoms with Gasteiger partial charge in [-0.3, -0.25) is 4.79 Å². The summed E-state index contributed by atoms with van der Waals surface area (Å²) in [6.45, 7) is 1.77. The molecule has 6 heteroatoms. The highest BCUT2D eigenvalue weighted by Gasteiger charge is 2.22. The highest BCUT2D eigenvalue weighted by atomic mass is 16.5. The Morgan fingerprint density at radius 1 is 1.32 bits per heavy atom. The summed E-state index contributed by atoms with van der Waals surface area (Å²) in [6.07, 6.45) is 0. The van der Waals surface area contributed by atoms with Crippen LogP contribution in [0.25, 0.3) is 10.9 Å². The van der Waals surface area contributed by atoms with Crippen molar-refractivity contribution in [1.29, 1.82) is 0 Å². The Kier molecular flexibility index (Phi) is 3.16. The van der Waals surface area contributed by atoms with Crippen molar-refractivity contribution in [3.8, 4) is 11.5 Å². The summed E-state index contributed by atoms with van der Waals surface area (Å²) in [6, 6.07) is 3.39. The highest BCUT2D eigenvalue weighted by Crippen LogP contribution is 2.34.